The van der Waals surface area contributed by atoms with Crippen LogP contribution in [0, 0.1) is 0 Å². The second-order valence-electron chi connectivity index (χ2n) is 5.61. The molecule has 2 aliphatic heterocycles. The number of rotatable bonds is 3. The number of benzene rings is 1. The number of nitrogens with one attached hydrogen (secondary N) is 1. The summed E-state index contributed by atoms with van der Waals surface area (Å²) in [4.78, 5) is 11.2. The van der Waals surface area contributed by atoms with E-state index in [1.807, 2.05) is 12.1 Å². The van der Waals surface area contributed by atoms with E-state index in [1.165, 1.54) is 0 Å². The van der Waals surface area contributed by atoms with E-state index < -0.39 is 5.91 Å². The first kappa shape index (κ1) is 13.4. The van der Waals surface area contributed by atoms with Gasteiger partial charge in [-0.1, -0.05) is 6.07 Å². The van der Waals surface area contributed by atoms with Crippen molar-refractivity contribution >= 4 is 11.6 Å². The highest BCUT2D eigenvalue weighted by atomic mass is 16.6. The molecule has 3 N–H and O–H groups in total. The second-order valence-corrected chi connectivity index (χ2v) is 5.61. The third-order valence-corrected chi connectivity index (χ3v) is 4.08. The summed E-state index contributed by atoms with van der Waals surface area (Å²) in [6.45, 7) is 2.22. The van der Waals surface area contributed by atoms with Crippen LogP contribution in [0.4, 0.5) is 5.69 Å². The number of carbonyl (C=O) groups excluding carboxylic acids is 1. The Hall–Kier alpha value is -1.59. The van der Waals surface area contributed by atoms with Gasteiger partial charge in [0, 0.05) is 36.9 Å². The van der Waals surface area contributed by atoms with Gasteiger partial charge in [0.15, 0.2) is 0 Å². The zero-order valence-electron chi connectivity index (χ0n) is 11.4. The van der Waals surface area contributed by atoms with Gasteiger partial charge in [-0.2, -0.15) is 0 Å². The third-order valence-electron chi connectivity index (χ3n) is 4.08. The number of carbonyl (C=O) groups is 1. The number of anilines is 1. The second kappa shape index (κ2) is 5.42. The van der Waals surface area contributed by atoms with Gasteiger partial charge in [0.25, 0.3) is 0 Å². The molecule has 1 spiro atoms. The van der Waals surface area contributed by atoms with Crippen molar-refractivity contribution in [2.45, 2.75) is 30.9 Å². The van der Waals surface area contributed by atoms with Crippen LogP contribution in [-0.2, 0) is 9.47 Å². The molecule has 5 heteroatoms. The predicted octanol–water partition coefficient (Wildman–Crippen LogP) is 1.54. The summed E-state index contributed by atoms with van der Waals surface area (Å²) in [5.41, 5.74) is 6.65. The molecule has 0 aliphatic carbocycles. The molecule has 2 saturated heterocycles. The van der Waals surface area contributed by atoms with Crippen molar-refractivity contribution in [2.75, 3.05) is 25.1 Å². The first-order valence-electron chi connectivity index (χ1n) is 7.05. The maximum Gasteiger partial charge on any atom is 0.248 e. The van der Waals surface area contributed by atoms with Gasteiger partial charge in [0.1, 0.15) is 0 Å². The molecule has 2 atom stereocenters. The quantitative estimate of drug-likeness (QED) is 0.878. The molecule has 20 heavy (non-hydrogen) atoms. The van der Waals surface area contributed by atoms with Crippen LogP contribution >= 0.6 is 0 Å². The minimum atomic E-state index is -0.402. The molecule has 2 unspecified atom stereocenters. The van der Waals surface area contributed by atoms with E-state index in [-0.39, 0.29) is 5.60 Å². The average molecular weight is 276 g/mol. The monoisotopic (exact) mass is 276 g/mol. The van der Waals surface area contributed by atoms with Crippen molar-refractivity contribution in [1.29, 1.82) is 0 Å². The minimum Gasteiger partial charge on any atom is -0.382 e. The van der Waals surface area contributed by atoms with Crippen LogP contribution < -0.4 is 11.1 Å². The molecule has 5 nitrogen and oxygen atoms in total. The van der Waals surface area contributed by atoms with E-state index in [4.69, 9.17) is 15.2 Å². The fourth-order valence-corrected chi connectivity index (χ4v) is 3.01. The van der Waals surface area contributed by atoms with Crippen molar-refractivity contribution in [3.05, 3.63) is 29.8 Å². The fraction of sp³-hybridized carbons (Fsp3) is 0.533. The molecule has 2 aliphatic rings. The Kier molecular flexibility index (Phi) is 3.63. The Morgan fingerprint density at radius 2 is 2.30 bits per heavy atom. The summed E-state index contributed by atoms with van der Waals surface area (Å²) in [7, 11) is 0. The van der Waals surface area contributed by atoms with E-state index in [9.17, 15) is 4.79 Å². The van der Waals surface area contributed by atoms with Crippen LogP contribution in [0.3, 0.4) is 0 Å². The Balaban J connectivity index is 1.68. The zero-order valence-corrected chi connectivity index (χ0v) is 11.4. The van der Waals surface area contributed by atoms with Crippen LogP contribution in [0.1, 0.15) is 29.6 Å². The van der Waals surface area contributed by atoms with Crippen molar-refractivity contribution in [1.82, 2.24) is 0 Å². The van der Waals surface area contributed by atoms with E-state index >= 15 is 0 Å². The normalized spacial score (nSPS) is 29.5. The van der Waals surface area contributed by atoms with E-state index in [2.05, 4.69) is 5.32 Å². The lowest BCUT2D eigenvalue weighted by Gasteiger charge is -2.37. The van der Waals surface area contributed by atoms with E-state index in [1.54, 1.807) is 12.1 Å². The number of amides is 1. The standard InChI is InChI=1S/C15H20N2O3/c16-14(18)11-2-1-3-12(8-11)17-13-4-6-20-15(9-13)5-7-19-10-15/h1-3,8,13,17H,4-7,9-10H2,(H2,16,18). The van der Waals surface area contributed by atoms with Crippen molar-refractivity contribution in [3.8, 4) is 0 Å². The van der Waals surface area contributed by atoms with Crippen LogP contribution in [0.2, 0.25) is 0 Å². The largest absolute Gasteiger partial charge is 0.382 e. The SMILES string of the molecule is NC(=O)c1cccc(NC2CCOC3(CCOC3)C2)c1. The molecule has 1 amide bonds. The summed E-state index contributed by atoms with van der Waals surface area (Å²) in [6.07, 6.45) is 2.86. The highest BCUT2D eigenvalue weighted by Crippen LogP contribution is 2.34. The van der Waals surface area contributed by atoms with Gasteiger partial charge in [-0.25, -0.2) is 0 Å². The lowest BCUT2D eigenvalue weighted by Crippen LogP contribution is -2.44. The first-order chi connectivity index (χ1) is 9.67. The topological polar surface area (TPSA) is 73.6 Å². The van der Waals surface area contributed by atoms with Gasteiger partial charge >= 0.3 is 0 Å². The molecule has 2 fully saturated rings. The highest BCUT2D eigenvalue weighted by molar-refractivity contribution is 5.93. The molecular formula is C15H20N2O3. The maximum absolute atomic E-state index is 11.2. The Labute approximate surface area is 118 Å². The van der Waals surface area contributed by atoms with Gasteiger partial charge in [-0.05, 0) is 31.0 Å². The van der Waals surface area contributed by atoms with E-state index in [0.29, 0.717) is 18.2 Å². The van der Waals surface area contributed by atoms with Crippen LogP contribution in [0.15, 0.2) is 24.3 Å². The van der Waals surface area contributed by atoms with Gasteiger partial charge in [-0.3, -0.25) is 4.79 Å². The van der Waals surface area contributed by atoms with Crippen molar-refractivity contribution in [2.24, 2.45) is 5.73 Å². The molecule has 3 rings (SSSR count). The predicted molar refractivity (Wildman–Crippen MR) is 75.7 cm³/mol. The Morgan fingerprint density at radius 3 is 3.05 bits per heavy atom. The smallest absolute Gasteiger partial charge is 0.248 e. The summed E-state index contributed by atoms with van der Waals surface area (Å²) >= 11 is 0. The summed E-state index contributed by atoms with van der Waals surface area (Å²) in [6, 6.07) is 7.67. The lowest BCUT2D eigenvalue weighted by atomic mass is 9.89. The summed E-state index contributed by atoms with van der Waals surface area (Å²) in [5.74, 6) is -0.402. The van der Waals surface area contributed by atoms with Crippen LogP contribution in [0.25, 0.3) is 0 Å². The molecular weight excluding hydrogens is 256 g/mol. The average Bonchev–Trinajstić information content (AvgIpc) is 2.87. The third kappa shape index (κ3) is 2.78. The lowest BCUT2D eigenvalue weighted by molar-refractivity contribution is -0.0828. The molecule has 2 heterocycles. The molecule has 0 radical (unpaired) electrons. The fourth-order valence-electron chi connectivity index (χ4n) is 3.01. The van der Waals surface area contributed by atoms with Gasteiger partial charge in [-0.15, -0.1) is 0 Å². The molecule has 1 aromatic carbocycles. The molecule has 0 aromatic heterocycles. The number of ether oxygens (including phenoxy) is 2. The van der Waals surface area contributed by atoms with Gasteiger partial charge in [0.2, 0.25) is 5.91 Å². The molecule has 0 bridgehead atoms. The molecule has 1 aromatic rings. The van der Waals surface area contributed by atoms with Gasteiger partial charge in [0.05, 0.1) is 12.2 Å². The number of nitrogens with two attached hydrogens (primary N) is 1. The van der Waals surface area contributed by atoms with Crippen molar-refractivity contribution < 1.29 is 14.3 Å². The zero-order chi connectivity index (χ0) is 14.0. The van der Waals surface area contributed by atoms with E-state index in [0.717, 1.165) is 38.2 Å². The molecule has 108 valence electrons. The summed E-state index contributed by atoms with van der Waals surface area (Å²) in [5, 5.41) is 3.48. The van der Waals surface area contributed by atoms with Crippen molar-refractivity contribution in [3.63, 3.8) is 0 Å². The molecule has 0 saturated carbocycles. The maximum atomic E-state index is 11.2. The number of hydrogen-bond acceptors (Lipinski definition) is 4. The van der Waals surface area contributed by atoms with Crippen LogP contribution in [0.5, 0.6) is 0 Å². The number of hydrogen-bond donors (Lipinski definition) is 2. The van der Waals surface area contributed by atoms with Gasteiger partial charge < -0.3 is 20.5 Å². The first-order valence-corrected chi connectivity index (χ1v) is 7.05. The highest BCUT2D eigenvalue weighted by Gasteiger charge is 2.40. The Morgan fingerprint density at radius 1 is 1.40 bits per heavy atom. The summed E-state index contributed by atoms with van der Waals surface area (Å²) < 4.78 is 11.4. The minimum absolute atomic E-state index is 0.114. The Bertz CT molecular complexity index is 498. The van der Waals surface area contributed by atoms with Crippen LogP contribution in [-0.4, -0.2) is 37.4 Å². The number of primary amides is 1.